The van der Waals surface area contributed by atoms with E-state index in [-0.39, 0.29) is 0 Å². The molecule has 2 aromatic carbocycles. The predicted molar refractivity (Wildman–Crippen MR) is 169 cm³/mol. The second kappa shape index (κ2) is 13.4. The summed E-state index contributed by atoms with van der Waals surface area (Å²) in [6, 6.07) is 14.3. The van der Waals surface area contributed by atoms with Crippen molar-refractivity contribution in [3.05, 3.63) is 71.0 Å². The molecule has 2 saturated carbocycles. The van der Waals surface area contributed by atoms with Gasteiger partial charge in [-0.3, -0.25) is 9.59 Å². The molecule has 6 nitrogen and oxygen atoms in total. The third-order valence-corrected chi connectivity index (χ3v) is 8.98. The molecule has 6 rings (SSSR count). The number of rotatable bonds is 6. The lowest BCUT2D eigenvalue weighted by molar-refractivity contribution is 0.111. The number of carbonyl (C=O) groups is 2. The molecule has 7 heteroatoms. The number of nitrogens with zero attached hydrogens (tertiary/aromatic N) is 2. The summed E-state index contributed by atoms with van der Waals surface area (Å²) in [5.74, 6) is 3.38. The molecule has 4 aromatic rings. The molecule has 0 spiro atoms. The van der Waals surface area contributed by atoms with Gasteiger partial charge in [-0.25, -0.2) is 9.97 Å². The number of nitrogens with one attached hydrogen (secondary N) is 2. The third kappa shape index (κ3) is 7.42. The van der Waals surface area contributed by atoms with Gasteiger partial charge in [-0.05, 0) is 86.8 Å². The minimum Gasteiger partial charge on any atom is -0.367 e. The summed E-state index contributed by atoms with van der Waals surface area (Å²) in [5, 5.41) is 11.6. The van der Waals surface area contributed by atoms with E-state index < -0.39 is 0 Å². The van der Waals surface area contributed by atoms with Crippen molar-refractivity contribution in [1.82, 2.24) is 9.97 Å². The molecule has 0 amide bonds. The first-order chi connectivity index (χ1) is 19.9. The zero-order valence-corrected chi connectivity index (χ0v) is 24.7. The number of hydrogen-bond donors (Lipinski definition) is 2. The zero-order valence-electron chi connectivity index (χ0n) is 23.9. The quantitative estimate of drug-likeness (QED) is 0.225. The van der Waals surface area contributed by atoms with Crippen LogP contribution in [-0.4, -0.2) is 34.6 Å². The number of fused-ring (bicyclic) bond motifs is 2. The van der Waals surface area contributed by atoms with E-state index in [0.29, 0.717) is 28.2 Å². The van der Waals surface area contributed by atoms with Gasteiger partial charge in [0.15, 0.2) is 0 Å². The van der Waals surface area contributed by atoms with Crippen molar-refractivity contribution in [2.24, 2.45) is 11.8 Å². The number of benzene rings is 2. The summed E-state index contributed by atoms with van der Waals surface area (Å²) in [7, 11) is 0. The normalized spacial score (nSPS) is 22.4. The highest BCUT2D eigenvalue weighted by Gasteiger charge is 2.20. The summed E-state index contributed by atoms with van der Waals surface area (Å²) in [4.78, 5) is 30.5. The molecular weight excluding hydrogens is 532 g/mol. The highest BCUT2D eigenvalue weighted by Crippen LogP contribution is 2.32. The van der Waals surface area contributed by atoms with Gasteiger partial charge in [-0.2, -0.15) is 0 Å². The molecule has 2 aliphatic rings. The number of anilines is 2. The second-order valence-corrected chi connectivity index (χ2v) is 12.3. The molecule has 0 atom stereocenters. The highest BCUT2D eigenvalue weighted by molar-refractivity contribution is 6.37. The van der Waals surface area contributed by atoms with Crippen LogP contribution >= 0.6 is 11.6 Å². The molecule has 0 radical (unpaired) electrons. The molecule has 0 bridgehead atoms. The van der Waals surface area contributed by atoms with Gasteiger partial charge in [-0.1, -0.05) is 49.7 Å². The van der Waals surface area contributed by atoms with Crippen LogP contribution in [0.4, 0.5) is 11.6 Å². The van der Waals surface area contributed by atoms with Crippen LogP contribution in [0, 0.1) is 11.8 Å². The average Bonchev–Trinajstić information content (AvgIpc) is 3.00. The Hall–Kier alpha value is -3.51. The molecule has 0 aliphatic heterocycles. The van der Waals surface area contributed by atoms with Crippen molar-refractivity contribution >= 4 is 57.4 Å². The van der Waals surface area contributed by atoms with Crippen LogP contribution in [0.5, 0.6) is 0 Å². The topological polar surface area (TPSA) is 84.0 Å². The van der Waals surface area contributed by atoms with Crippen molar-refractivity contribution in [1.29, 1.82) is 0 Å². The van der Waals surface area contributed by atoms with Gasteiger partial charge in [0.1, 0.15) is 24.2 Å². The zero-order chi connectivity index (χ0) is 28.8. The molecule has 2 fully saturated rings. The van der Waals surface area contributed by atoms with Gasteiger partial charge in [0.05, 0.1) is 5.02 Å². The Morgan fingerprint density at radius 3 is 1.88 bits per heavy atom. The van der Waals surface area contributed by atoms with E-state index in [9.17, 15) is 9.59 Å². The maximum atomic E-state index is 10.8. The van der Waals surface area contributed by atoms with Crippen LogP contribution in [0.1, 0.15) is 85.9 Å². The smallest absolute Gasteiger partial charge is 0.150 e. The van der Waals surface area contributed by atoms with Gasteiger partial charge >= 0.3 is 0 Å². The molecule has 2 heterocycles. The molecule has 2 aliphatic carbocycles. The van der Waals surface area contributed by atoms with Crippen molar-refractivity contribution in [3.8, 4) is 0 Å². The maximum absolute atomic E-state index is 10.8. The minimum atomic E-state index is 0.456. The summed E-state index contributed by atoms with van der Waals surface area (Å²) in [5.41, 5.74) is 1.34. The largest absolute Gasteiger partial charge is 0.367 e. The van der Waals surface area contributed by atoms with Crippen molar-refractivity contribution < 1.29 is 9.59 Å². The molecule has 0 saturated heterocycles. The Kier molecular flexibility index (Phi) is 9.50. The van der Waals surface area contributed by atoms with Crippen LogP contribution in [0.3, 0.4) is 0 Å². The van der Waals surface area contributed by atoms with Gasteiger partial charge in [0, 0.05) is 51.8 Å². The Morgan fingerprint density at radius 2 is 1.24 bits per heavy atom. The molecule has 41 heavy (non-hydrogen) atoms. The number of aromatic nitrogens is 2. The average molecular weight is 571 g/mol. The van der Waals surface area contributed by atoms with Crippen LogP contribution < -0.4 is 10.6 Å². The minimum absolute atomic E-state index is 0.456. The number of aldehydes is 2. The van der Waals surface area contributed by atoms with Crippen molar-refractivity contribution in [3.63, 3.8) is 0 Å². The monoisotopic (exact) mass is 570 g/mol. The van der Waals surface area contributed by atoms with Crippen LogP contribution in [0.25, 0.3) is 21.5 Å². The van der Waals surface area contributed by atoms with Gasteiger partial charge in [0.2, 0.25) is 0 Å². The van der Waals surface area contributed by atoms with E-state index in [2.05, 4.69) is 40.5 Å². The molecule has 2 aromatic heterocycles. The summed E-state index contributed by atoms with van der Waals surface area (Å²) >= 11 is 6.47. The molecule has 0 unspecified atom stereocenters. The fourth-order valence-electron chi connectivity index (χ4n) is 5.90. The Morgan fingerprint density at radius 1 is 0.683 bits per heavy atom. The van der Waals surface area contributed by atoms with Gasteiger partial charge in [-0.15, -0.1) is 0 Å². The fourth-order valence-corrected chi connectivity index (χ4v) is 6.18. The second-order valence-electron chi connectivity index (χ2n) is 11.9. The summed E-state index contributed by atoms with van der Waals surface area (Å²) in [6.45, 7) is 4.64. The van der Waals surface area contributed by atoms with E-state index in [1.54, 1.807) is 12.3 Å². The van der Waals surface area contributed by atoms with E-state index in [4.69, 9.17) is 11.6 Å². The van der Waals surface area contributed by atoms with Crippen molar-refractivity contribution in [2.75, 3.05) is 10.6 Å². The summed E-state index contributed by atoms with van der Waals surface area (Å²) < 4.78 is 0. The lowest BCUT2D eigenvalue weighted by Gasteiger charge is -2.27. The molecular formula is C34H39ClN4O2. The van der Waals surface area contributed by atoms with Gasteiger partial charge in [0.25, 0.3) is 0 Å². The number of halogens is 1. The first-order valence-electron chi connectivity index (χ1n) is 14.8. The highest BCUT2D eigenvalue weighted by atomic mass is 35.5. The number of pyridine rings is 2. The number of hydrogen-bond acceptors (Lipinski definition) is 6. The van der Waals surface area contributed by atoms with Gasteiger partial charge < -0.3 is 10.6 Å². The fraction of sp³-hybridized carbons (Fsp3) is 0.412. The SMILES string of the molecule is CC1CCC(Nc2cc3ccc(C=O)cc3cn2)CC1.CC1CCC(Nc2ncc3cc(C=O)ccc3c2Cl)CC1. The Balaban J connectivity index is 0.000000165. The lowest BCUT2D eigenvalue weighted by atomic mass is 9.87. The van der Waals surface area contributed by atoms with Crippen molar-refractivity contribution in [2.45, 2.75) is 77.3 Å². The first kappa shape index (κ1) is 29.0. The standard InChI is InChI=1S/C17H19ClN2O.C17H20N2O/c1-11-2-5-14(6-3-11)20-17-16(18)15-7-4-12(10-21)8-13(15)9-19-17;1-12-2-6-16(7-3-12)19-17-9-14-5-4-13(11-20)8-15(14)10-18-17/h4,7-11,14H,2-3,5-6H2,1H3,(H,19,20);4-5,8-12,16H,2-3,6-7H2,1H3,(H,18,19). The predicted octanol–water partition coefficient (Wildman–Crippen LogP) is 8.73. The maximum Gasteiger partial charge on any atom is 0.150 e. The number of carbonyl (C=O) groups excluding carboxylic acids is 2. The van der Waals surface area contributed by atoms with E-state index in [1.165, 1.54) is 51.4 Å². The summed E-state index contributed by atoms with van der Waals surface area (Å²) in [6.07, 6.45) is 15.2. The van der Waals surface area contributed by atoms with E-state index >= 15 is 0 Å². The van der Waals surface area contributed by atoms with Crippen LogP contribution in [0.2, 0.25) is 5.02 Å². The Bertz CT molecular complexity index is 1510. The van der Waals surface area contributed by atoms with E-state index in [0.717, 1.165) is 57.6 Å². The lowest BCUT2D eigenvalue weighted by Crippen LogP contribution is -2.25. The molecule has 2 N–H and O–H groups in total. The van der Waals surface area contributed by atoms with Crippen LogP contribution in [0.15, 0.2) is 54.9 Å². The molecule has 214 valence electrons. The Labute approximate surface area is 247 Å². The van der Waals surface area contributed by atoms with Crippen LogP contribution in [-0.2, 0) is 0 Å². The first-order valence-corrected chi connectivity index (χ1v) is 15.2. The van der Waals surface area contributed by atoms with E-state index in [1.807, 2.05) is 36.5 Å². The third-order valence-electron chi connectivity index (χ3n) is 8.60.